The molecule has 3 aromatic rings. The normalized spacial score (nSPS) is 10.2. The van der Waals surface area contributed by atoms with Gasteiger partial charge in [0.05, 0.1) is 18.5 Å². The van der Waals surface area contributed by atoms with Crippen LogP contribution in [0.4, 0.5) is 21.9 Å². The molecule has 0 aliphatic heterocycles. The molecule has 3 aromatic carbocycles. The molecule has 0 aliphatic rings. The van der Waals surface area contributed by atoms with Gasteiger partial charge in [0.1, 0.15) is 5.75 Å². The van der Waals surface area contributed by atoms with Crippen molar-refractivity contribution in [2.24, 2.45) is 0 Å². The van der Waals surface area contributed by atoms with E-state index >= 15 is 0 Å². The van der Waals surface area contributed by atoms with Crippen molar-refractivity contribution in [2.45, 2.75) is 6.92 Å². The Morgan fingerprint density at radius 3 is 2.16 bits per heavy atom. The Bertz CT molecular complexity index is 845. The van der Waals surface area contributed by atoms with Crippen molar-refractivity contribution >= 4 is 23.1 Å². The Kier molecular flexibility index (Phi) is 5.00. The minimum absolute atomic E-state index is 0.217. The highest BCUT2D eigenvalue weighted by Gasteiger charge is 2.19. The number of anilines is 3. The van der Waals surface area contributed by atoms with E-state index in [1.54, 1.807) is 12.0 Å². The number of nitrogens with one attached hydrogen (secondary N) is 1. The third-order valence-electron chi connectivity index (χ3n) is 3.92. The number of para-hydroxylation sites is 2. The van der Waals surface area contributed by atoms with Crippen molar-refractivity contribution in [3.05, 3.63) is 84.4 Å². The lowest BCUT2D eigenvalue weighted by atomic mass is 10.1. The van der Waals surface area contributed by atoms with E-state index in [1.165, 1.54) is 0 Å². The summed E-state index contributed by atoms with van der Waals surface area (Å²) in [5.74, 6) is 0.747. The molecule has 0 bridgehead atoms. The van der Waals surface area contributed by atoms with Gasteiger partial charge in [0.25, 0.3) is 0 Å². The maximum absolute atomic E-state index is 13.0. The van der Waals surface area contributed by atoms with E-state index in [1.807, 2.05) is 85.8 Å². The molecule has 2 amide bonds. The summed E-state index contributed by atoms with van der Waals surface area (Å²) < 4.78 is 5.22. The first-order valence-electron chi connectivity index (χ1n) is 8.05. The topological polar surface area (TPSA) is 41.6 Å². The number of carbonyl (C=O) groups excluding carboxylic acids is 1. The van der Waals surface area contributed by atoms with Gasteiger partial charge in [0, 0.05) is 5.69 Å². The minimum Gasteiger partial charge on any atom is -0.497 e. The summed E-state index contributed by atoms with van der Waals surface area (Å²) in [6.07, 6.45) is 0. The molecular formula is C21H20N2O2. The van der Waals surface area contributed by atoms with E-state index in [4.69, 9.17) is 4.74 Å². The molecule has 0 fully saturated rings. The standard InChI is InChI=1S/C21H20N2O2/c1-16-8-6-7-11-20(16)23(18-12-14-19(25-2)15-13-18)21(24)22-17-9-4-3-5-10-17/h3-15H,1-2H3,(H,22,24). The van der Waals surface area contributed by atoms with Crippen molar-refractivity contribution in [1.82, 2.24) is 0 Å². The van der Waals surface area contributed by atoms with Crippen molar-refractivity contribution in [1.29, 1.82) is 0 Å². The number of urea groups is 1. The first kappa shape index (κ1) is 16.6. The summed E-state index contributed by atoms with van der Waals surface area (Å²) in [6, 6.07) is 24.4. The largest absolute Gasteiger partial charge is 0.497 e. The molecule has 1 N–H and O–H groups in total. The van der Waals surface area contributed by atoms with Crippen molar-refractivity contribution in [3.63, 3.8) is 0 Å². The number of amides is 2. The number of hydrogen-bond acceptors (Lipinski definition) is 2. The highest BCUT2D eigenvalue weighted by molar-refractivity contribution is 6.07. The third kappa shape index (κ3) is 3.80. The number of rotatable bonds is 4. The number of benzene rings is 3. The molecule has 4 heteroatoms. The SMILES string of the molecule is COc1ccc(N(C(=O)Nc2ccccc2)c2ccccc2C)cc1. The van der Waals surface area contributed by atoms with Crippen LogP contribution in [0, 0.1) is 6.92 Å². The van der Waals surface area contributed by atoms with Gasteiger partial charge in [-0.2, -0.15) is 0 Å². The summed E-state index contributed by atoms with van der Waals surface area (Å²) in [5.41, 5.74) is 3.37. The van der Waals surface area contributed by atoms with Gasteiger partial charge in [0.15, 0.2) is 0 Å². The van der Waals surface area contributed by atoms with E-state index in [-0.39, 0.29) is 6.03 Å². The molecule has 0 radical (unpaired) electrons. The van der Waals surface area contributed by atoms with Crippen LogP contribution in [0.3, 0.4) is 0 Å². The average Bonchev–Trinajstić information content (AvgIpc) is 2.65. The second kappa shape index (κ2) is 7.53. The van der Waals surface area contributed by atoms with Gasteiger partial charge in [-0.05, 0) is 55.0 Å². The highest BCUT2D eigenvalue weighted by Crippen LogP contribution is 2.30. The van der Waals surface area contributed by atoms with Crippen LogP contribution in [-0.4, -0.2) is 13.1 Å². The zero-order valence-corrected chi connectivity index (χ0v) is 14.3. The molecule has 0 saturated heterocycles. The molecule has 0 atom stereocenters. The van der Waals surface area contributed by atoms with Crippen LogP contribution in [0.25, 0.3) is 0 Å². The second-order valence-corrected chi connectivity index (χ2v) is 5.62. The Morgan fingerprint density at radius 2 is 1.52 bits per heavy atom. The van der Waals surface area contributed by atoms with Crippen molar-refractivity contribution < 1.29 is 9.53 Å². The maximum Gasteiger partial charge on any atom is 0.330 e. The molecule has 25 heavy (non-hydrogen) atoms. The molecular weight excluding hydrogens is 312 g/mol. The first-order valence-corrected chi connectivity index (χ1v) is 8.05. The Morgan fingerprint density at radius 1 is 0.880 bits per heavy atom. The maximum atomic E-state index is 13.0. The van der Waals surface area contributed by atoms with E-state index in [9.17, 15) is 4.79 Å². The molecule has 3 rings (SSSR count). The summed E-state index contributed by atoms with van der Waals surface area (Å²) in [7, 11) is 1.62. The van der Waals surface area contributed by atoms with E-state index < -0.39 is 0 Å². The summed E-state index contributed by atoms with van der Waals surface area (Å²) >= 11 is 0. The number of aryl methyl sites for hydroxylation is 1. The van der Waals surface area contributed by atoms with Gasteiger partial charge < -0.3 is 10.1 Å². The molecule has 4 nitrogen and oxygen atoms in total. The Labute approximate surface area is 147 Å². The number of nitrogens with zero attached hydrogens (tertiary/aromatic N) is 1. The average molecular weight is 332 g/mol. The zero-order chi connectivity index (χ0) is 17.6. The van der Waals surface area contributed by atoms with Crippen LogP contribution >= 0.6 is 0 Å². The van der Waals surface area contributed by atoms with Gasteiger partial charge in [-0.15, -0.1) is 0 Å². The summed E-state index contributed by atoms with van der Waals surface area (Å²) in [5, 5.41) is 2.95. The van der Waals surface area contributed by atoms with Crippen LogP contribution in [-0.2, 0) is 0 Å². The number of ether oxygens (including phenoxy) is 1. The lowest BCUT2D eigenvalue weighted by Crippen LogP contribution is -2.31. The third-order valence-corrected chi connectivity index (χ3v) is 3.92. The van der Waals surface area contributed by atoms with Gasteiger partial charge >= 0.3 is 6.03 Å². The fraction of sp³-hybridized carbons (Fsp3) is 0.0952. The smallest absolute Gasteiger partial charge is 0.330 e. The predicted octanol–water partition coefficient (Wildman–Crippen LogP) is 5.37. The fourth-order valence-corrected chi connectivity index (χ4v) is 2.61. The first-order chi connectivity index (χ1) is 12.2. The molecule has 0 heterocycles. The number of carbonyl (C=O) groups is 1. The zero-order valence-electron chi connectivity index (χ0n) is 14.3. The molecule has 0 unspecified atom stereocenters. The lowest BCUT2D eigenvalue weighted by molar-refractivity contribution is 0.259. The monoisotopic (exact) mass is 332 g/mol. The van der Waals surface area contributed by atoms with E-state index in [0.717, 1.165) is 28.4 Å². The van der Waals surface area contributed by atoms with Gasteiger partial charge in [-0.1, -0.05) is 36.4 Å². The Balaban J connectivity index is 1.99. The molecule has 0 aromatic heterocycles. The van der Waals surface area contributed by atoms with Gasteiger partial charge in [-0.3, -0.25) is 4.90 Å². The second-order valence-electron chi connectivity index (χ2n) is 5.62. The van der Waals surface area contributed by atoms with Crippen LogP contribution in [0.5, 0.6) is 5.75 Å². The minimum atomic E-state index is -0.217. The molecule has 0 spiro atoms. The van der Waals surface area contributed by atoms with Crippen molar-refractivity contribution in [3.8, 4) is 5.75 Å². The van der Waals surface area contributed by atoms with Crippen LogP contribution in [0.1, 0.15) is 5.56 Å². The summed E-state index contributed by atoms with van der Waals surface area (Å²) in [4.78, 5) is 14.7. The van der Waals surface area contributed by atoms with E-state index in [2.05, 4.69) is 5.32 Å². The predicted molar refractivity (Wildman–Crippen MR) is 102 cm³/mol. The molecule has 126 valence electrons. The van der Waals surface area contributed by atoms with Crippen molar-refractivity contribution in [2.75, 3.05) is 17.3 Å². The highest BCUT2D eigenvalue weighted by atomic mass is 16.5. The van der Waals surface area contributed by atoms with Crippen LogP contribution in [0.2, 0.25) is 0 Å². The summed E-state index contributed by atoms with van der Waals surface area (Å²) in [6.45, 7) is 1.99. The van der Waals surface area contributed by atoms with Crippen LogP contribution < -0.4 is 15.0 Å². The number of hydrogen-bond donors (Lipinski definition) is 1. The van der Waals surface area contributed by atoms with E-state index in [0.29, 0.717) is 0 Å². The number of methoxy groups -OCH3 is 1. The Hall–Kier alpha value is -3.27. The van der Waals surface area contributed by atoms with Crippen LogP contribution in [0.15, 0.2) is 78.9 Å². The van der Waals surface area contributed by atoms with Gasteiger partial charge in [-0.25, -0.2) is 4.79 Å². The molecule has 0 saturated carbocycles. The fourth-order valence-electron chi connectivity index (χ4n) is 2.61. The quantitative estimate of drug-likeness (QED) is 0.697. The molecule has 0 aliphatic carbocycles. The van der Waals surface area contributed by atoms with Gasteiger partial charge in [0.2, 0.25) is 0 Å². The lowest BCUT2D eigenvalue weighted by Gasteiger charge is -2.25.